The number of benzene rings is 1. The van der Waals surface area contributed by atoms with Crippen molar-refractivity contribution in [3.05, 3.63) is 28.8 Å². The molecule has 1 fully saturated rings. The van der Waals surface area contributed by atoms with Gasteiger partial charge in [0.1, 0.15) is 0 Å². The third-order valence-corrected chi connectivity index (χ3v) is 4.42. The van der Waals surface area contributed by atoms with Gasteiger partial charge in [0, 0.05) is 36.4 Å². The van der Waals surface area contributed by atoms with E-state index in [0.29, 0.717) is 0 Å². The van der Waals surface area contributed by atoms with Crippen LogP contribution in [-0.4, -0.2) is 19.1 Å². The number of hydrogen-bond acceptors (Lipinski definition) is 2. The van der Waals surface area contributed by atoms with Gasteiger partial charge < -0.3 is 10.2 Å². The zero-order valence-electron chi connectivity index (χ0n) is 13.3. The Hall–Kier alpha value is -0.730. The van der Waals surface area contributed by atoms with E-state index in [0.717, 1.165) is 29.9 Å². The van der Waals surface area contributed by atoms with E-state index in [2.05, 4.69) is 63.2 Å². The number of hydrogen-bond donors (Lipinski definition) is 1. The van der Waals surface area contributed by atoms with Crippen LogP contribution in [0.4, 0.5) is 5.69 Å². The van der Waals surface area contributed by atoms with Crippen LogP contribution in [0.15, 0.2) is 18.2 Å². The summed E-state index contributed by atoms with van der Waals surface area (Å²) in [6.45, 7) is 10.8. The van der Waals surface area contributed by atoms with E-state index in [4.69, 9.17) is 11.6 Å². The highest BCUT2D eigenvalue weighted by molar-refractivity contribution is 6.31. The molecule has 3 heteroatoms. The van der Waals surface area contributed by atoms with Gasteiger partial charge >= 0.3 is 0 Å². The molecule has 20 heavy (non-hydrogen) atoms. The summed E-state index contributed by atoms with van der Waals surface area (Å²) in [5, 5.41) is 4.33. The van der Waals surface area contributed by atoms with Crippen molar-refractivity contribution in [2.45, 2.75) is 46.2 Å². The zero-order valence-corrected chi connectivity index (χ0v) is 14.1. The number of nitrogens with zero attached hydrogens (tertiary/aromatic N) is 1. The van der Waals surface area contributed by atoms with Crippen LogP contribution in [0, 0.1) is 11.8 Å². The van der Waals surface area contributed by atoms with Crippen LogP contribution in [0.2, 0.25) is 5.02 Å². The van der Waals surface area contributed by atoms with Crippen LogP contribution in [0.3, 0.4) is 0 Å². The maximum Gasteiger partial charge on any atom is 0.0471 e. The van der Waals surface area contributed by atoms with Gasteiger partial charge in [0.15, 0.2) is 0 Å². The zero-order chi connectivity index (χ0) is 14.9. The largest absolute Gasteiger partial charge is 0.374 e. The van der Waals surface area contributed by atoms with Crippen LogP contribution in [0.25, 0.3) is 0 Å². The Morgan fingerprint density at radius 1 is 1.35 bits per heavy atom. The van der Waals surface area contributed by atoms with Gasteiger partial charge in [0.05, 0.1) is 0 Å². The first kappa shape index (κ1) is 15.7. The predicted octanol–water partition coefficient (Wildman–Crippen LogP) is 4.32. The maximum atomic E-state index is 6.42. The lowest BCUT2D eigenvalue weighted by molar-refractivity contribution is 0.424. The summed E-state index contributed by atoms with van der Waals surface area (Å²) < 4.78 is 0. The molecule has 0 aromatic heterocycles. The van der Waals surface area contributed by atoms with Crippen molar-refractivity contribution in [3.8, 4) is 0 Å². The average Bonchev–Trinajstić information content (AvgIpc) is 3.02. The molecule has 1 aliphatic carbocycles. The Balaban J connectivity index is 1.97. The van der Waals surface area contributed by atoms with Crippen LogP contribution >= 0.6 is 11.6 Å². The van der Waals surface area contributed by atoms with Gasteiger partial charge in [0.25, 0.3) is 0 Å². The molecule has 0 spiro atoms. The van der Waals surface area contributed by atoms with Crippen molar-refractivity contribution < 1.29 is 0 Å². The summed E-state index contributed by atoms with van der Waals surface area (Å²) in [4.78, 5) is 2.32. The fourth-order valence-electron chi connectivity index (χ4n) is 2.39. The Kier molecular flexibility index (Phi) is 4.66. The summed E-state index contributed by atoms with van der Waals surface area (Å²) in [6, 6.07) is 6.41. The van der Waals surface area contributed by atoms with E-state index in [-0.39, 0.29) is 5.54 Å². The van der Waals surface area contributed by atoms with Crippen LogP contribution in [0.5, 0.6) is 0 Å². The lowest BCUT2D eigenvalue weighted by atomic mass is 10.1. The first-order valence-electron chi connectivity index (χ1n) is 7.51. The molecule has 1 saturated carbocycles. The van der Waals surface area contributed by atoms with Crippen molar-refractivity contribution in [3.63, 3.8) is 0 Å². The van der Waals surface area contributed by atoms with Crippen LogP contribution in [0.1, 0.15) is 39.7 Å². The average molecular weight is 295 g/mol. The molecule has 0 radical (unpaired) electrons. The maximum absolute atomic E-state index is 6.42. The molecule has 2 atom stereocenters. The molecule has 0 bridgehead atoms. The second kappa shape index (κ2) is 5.95. The van der Waals surface area contributed by atoms with Crippen molar-refractivity contribution >= 4 is 17.3 Å². The third kappa shape index (κ3) is 4.39. The summed E-state index contributed by atoms with van der Waals surface area (Å²) in [5.41, 5.74) is 2.49. The minimum atomic E-state index is 0.112. The SMILES string of the molecule is CC1CC1CN(C)c1ccc(CNC(C)(C)C)c(Cl)c1. The molecule has 2 rings (SSSR count). The molecule has 0 aliphatic heterocycles. The normalized spacial score (nSPS) is 21.9. The molecule has 112 valence electrons. The standard InChI is InChI=1S/C17H27ClN2/c1-12-8-14(12)11-20(5)15-7-6-13(16(18)9-15)10-19-17(2,3)4/h6-7,9,12,14,19H,8,10-11H2,1-5H3. The van der Waals surface area contributed by atoms with Crippen LogP contribution < -0.4 is 10.2 Å². The van der Waals surface area contributed by atoms with Crippen LogP contribution in [-0.2, 0) is 6.54 Å². The molecule has 2 nitrogen and oxygen atoms in total. The molecule has 1 aromatic rings. The van der Waals surface area contributed by atoms with E-state index in [1.165, 1.54) is 17.7 Å². The molecule has 0 heterocycles. The molecule has 0 saturated heterocycles. The van der Waals surface area contributed by atoms with E-state index in [1.54, 1.807) is 0 Å². The summed E-state index contributed by atoms with van der Waals surface area (Å²) in [5.74, 6) is 1.75. The van der Waals surface area contributed by atoms with Gasteiger partial charge in [-0.25, -0.2) is 0 Å². The lowest BCUT2D eigenvalue weighted by Gasteiger charge is -2.23. The molecule has 1 N–H and O–H groups in total. The fraction of sp³-hybridized carbons (Fsp3) is 0.647. The Bertz CT molecular complexity index is 465. The number of anilines is 1. The summed E-state index contributed by atoms with van der Waals surface area (Å²) in [6.07, 6.45) is 1.37. The fourth-order valence-corrected chi connectivity index (χ4v) is 2.63. The second-order valence-corrected chi connectivity index (χ2v) is 7.64. The van der Waals surface area contributed by atoms with E-state index in [9.17, 15) is 0 Å². The smallest absolute Gasteiger partial charge is 0.0471 e. The third-order valence-electron chi connectivity index (χ3n) is 4.07. The predicted molar refractivity (Wildman–Crippen MR) is 88.6 cm³/mol. The van der Waals surface area contributed by atoms with Crippen molar-refractivity contribution in [2.24, 2.45) is 11.8 Å². The van der Waals surface area contributed by atoms with Crippen molar-refractivity contribution in [2.75, 3.05) is 18.5 Å². The van der Waals surface area contributed by atoms with Gasteiger partial charge in [-0.05, 0) is 56.7 Å². The Labute approximate surface area is 128 Å². The van der Waals surface area contributed by atoms with Gasteiger partial charge in [-0.2, -0.15) is 0 Å². The minimum Gasteiger partial charge on any atom is -0.374 e. The molecule has 2 unspecified atom stereocenters. The number of nitrogens with one attached hydrogen (secondary N) is 1. The molecule has 1 aromatic carbocycles. The quantitative estimate of drug-likeness (QED) is 0.870. The van der Waals surface area contributed by atoms with E-state index in [1.807, 2.05) is 0 Å². The summed E-state index contributed by atoms with van der Waals surface area (Å²) in [7, 11) is 2.16. The Morgan fingerprint density at radius 3 is 2.50 bits per heavy atom. The molecule has 0 amide bonds. The monoisotopic (exact) mass is 294 g/mol. The van der Waals surface area contributed by atoms with E-state index < -0.39 is 0 Å². The molecule has 1 aliphatic rings. The first-order valence-corrected chi connectivity index (χ1v) is 7.88. The first-order chi connectivity index (χ1) is 9.26. The highest BCUT2D eigenvalue weighted by Gasteiger charge is 2.33. The summed E-state index contributed by atoms with van der Waals surface area (Å²) >= 11 is 6.42. The van der Waals surface area contributed by atoms with Gasteiger partial charge in [-0.15, -0.1) is 0 Å². The highest BCUT2D eigenvalue weighted by Crippen LogP contribution is 2.39. The van der Waals surface area contributed by atoms with Crippen molar-refractivity contribution in [1.82, 2.24) is 5.32 Å². The lowest BCUT2D eigenvalue weighted by Crippen LogP contribution is -2.35. The van der Waals surface area contributed by atoms with Gasteiger partial charge in [-0.1, -0.05) is 24.6 Å². The van der Waals surface area contributed by atoms with E-state index >= 15 is 0 Å². The topological polar surface area (TPSA) is 15.3 Å². The van der Waals surface area contributed by atoms with Gasteiger partial charge in [-0.3, -0.25) is 0 Å². The second-order valence-electron chi connectivity index (χ2n) is 7.23. The van der Waals surface area contributed by atoms with Gasteiger partial charge in [0.2, 0.25) is 0 Å². The Morgan fingerprint density at radius 2 is 2.00 bits per heavy atom. The number of halogens is 1. The minimum absolute atomic E-state index is 0.112. The van der Waals surface area contributed by atoms with Crippen molar-refractivity contribution in [1.29, 1.82) is 0 Å². The number of rotatable bonds is 5. The molecular formula is C17H27ClN2. The highest BCUT2D eigenvalue weighted by atomic mass is 35.5. The molecular weight excluding hydrogens is 268 g/mol.